The molecule has 70 valence electrons. The van der Waals surface area contributed by atoms with Gasteiger partial charge in [-0.2, -0.15) is 0 Å². The predicted molar refractivity (Wildman–Crippen MR) is 58.3 cm³/mol. The Morgan fingerprint density at radius 1 is 1.62 bits per heavy atom. The first kappa shape index (κ1) is 8.97. The summed E-state index contributed by atoms with van der Waals surface area (Å²) in [4.78, 5) is 1.47. The maximum atomic E-state index is 5.76. The lowest BCUT2D eigenvalue weighted by molar-refractivity contribution is 0.710. The minimum atomic E-state index is 0.433. The summed E-state index contributed by atoms with van der Waals surface area (Å²) in [6.45, 7) is 7.01. The van der Waals surface area contributed by atoms with Crippen LogP contribution in [0.4, 0.5) is 0 Å². The van der Waals surface area contributed by atoms with Crippen LogP contribution in [0.5, 0.6) is 0 Å². The van der Waals surface area contributed by atoms with Crippen LogP contribution in [0.3, 0.4) is 0 Å². The van der Waals surface area contributed by atoms with E-state index in [0.29, 0.717) is 12.5 Å². The van der Waals surface area contributed by atoms with Gasteiger partial charge in [-0.25, -0.2) is 0 Å². The Hall–Kier alpha value is -0.600. The second-order valence-electron chi connectivity index (χ2n) is 3.71. The summed E-state index contributed by atoms with van der Waals surface area (Å²) in [6.07, 6.45) is 2.28. The van der Waals surface area contributed by atoms with E-state index < -0.39 is 0 Å². The number of thiophene rings is 1. The van der Waals surface area contributed by atoms with Crippen LogP contribution in [0.15, 0.2) is 17.5 Å². The van der Waals surface area contributed by atoms with Gasteiger partial charge in [-0.3, -0.25) is 0 Å². The number of fused-ring (bicyclic) bond motifs is 1. The summed E-state index contributed by atoms with van der Waals surface area (Å²) < 4.78 is 0. The molecule has 13 heavy (non-hydrogen) atoms. The average molecular weight is 193 g/mol. The molecule has 0 bridgehead atoms. The van der Waals surface area contributed by atoms with Crippen LogP contribution < -0.4 is 5.73 Å². The van der Waals surface area contributed by atoms with Gasteiger partial charge in [0.2, 0.25) is 0 Å². The van der Waals surface area contributed by atoms with E-state index in [-0.39, 0.29) is 0 Å². The molecule has 2 N–H and O–H groups in total. The molecular weight excluding hydrogens is 178 g/mol. The second-order valence-corrected chi connectivity index (χ2v) is 4.62. The minimum absolute atomic E-state index is 0.433. The first-order valence-electron chi connectivity index (χ1n) is 4.68. The molecule has 0 fully saturated rings. The summed E-state index contributed by atoms with van der Waals surface area (Å²) in [6, 6.07) is 0. The maximum Gasteiger partial charge on any atom is 0.0265 e. The second kappa shape index (κ2) is 3.28. The van der Waals surface area contributed by atoms with Crippen molar-refractivity contribution < 1.29 is 0 Å². The van der Waals surface area contributed by atoms with Crippen LogP contribution in [-0.4, -0.2) is 6.54 Å². The molecule has 0 aliphatic heterocycles. The number of hydrogen-bond acceptors (Lipinski definition) is 2. The predicted octanol–water partition coefficient (Wildman–Crippen LogP) is 2.60. The van der Waals surface area contributed by atoms with Crippen molar-refractivity contribution >= 4 is 11.3 Å². The van der Waals surface area contributed by atoms with Gasteiger partial charge in [0.15, 0.2) is 0 Å². The van der Waals surface area contributed by atoms with Gasteiger partial charge in [-0.15, -0.1) is 11.3 Å². The average Bonchev–Trinajstić information content (AvgIpc) is 2.48. The van der Waals surface area contributed by atoms with Gasteiger partial charge in [0.05, 0.1) is 0 Å². The highest BCUT2D eigenvalue weighted by atomic mass is 32.1. The molecule has 0 aromatic carbocycles. The number of nitrogens with two attached hydrogens (primary N) is 1. The Bertz CT molecular complexity index is 338. The van der Waals surface area contributed by atoms with E-state index in [1.165, 1.54) is 28.0 Å². The Kier molecular flexibility index (Phi) is 2.26. The molecule has 0 radical (unpaired) electrons. The molecule has 1 nitrogen and oxygen atoms in total. The zero-order valence-electron chi connectivity index (χ0n) is 7.97. The lowest BCUT2D eigenvalue weighted by Crippen LogP contribution is -2.18. The molecule has 1 aromatic rings. The molecule has 0 spiro atoms. The monoisotopic (exact) mass is 193 g/mol. The largest absolute Gasteiger partial charge is 0.330 e. The van der Waals surface area contributed by atoms with Crippen LogP contribution >= 0.6 is 11.3 Å². The lowest BCUT2D eigenvalue weighted by Gasteiger charge is -2.24. The zero-order chi connectivity index (χ0) is 9.42. The molecule has 0 amide bonds. The minimum Gasteiger partial charge on any atom is -0.330 e. The van der Waals surface area contributed by atoms with E-state index in [0.717, 1.165) is 6.42 Å². The van der Waals surface area contributed by atoms with Crippen molar-refractivity contribution in [1.29, 1.82) is 0 Å². The quantitative estimate of drug-likeness (QED) is 0.682. The SMILES string of the molecule is C=C1CCc2c(C)csc2[C@H]1CN. The van der Waals surface area contributed by atoms with Crippen LogP contribution in [0.25, 0.3) is 0 Å². The highest BCUT2D eigenvalue weighted by Gasteiger charge is 2.24. The summed E-state index contributed by atoms with van der Waals surface area (Å²) in [5, 5.41) is 2.24. The van der Waals surface area contributed by atoms with Gasteiger partial charge >= 0.3 is 0 Å². The number of aryl methyl sites for hydroxylation is 1. The first-order valence-corrected chi connectivity index (χ1v) is 5.56. The highest BCUT2D eigenvalue weighted by Crippen LogP contribution is 2.39. The van der Waals surface area contributed by atoms with Gasteiger partial charge in [-0.05, 0) is 36.3 Å². The summed E-state index contributed by atoms with van der Waals surface area (Å²) >= 11 is 1.85. The molecule has 1 atom stereocenters. The van der Waals surface area contributed by atoms with E-state index in [1.807, 2.05) is 11.3 Å². The van der Waals surface area contributed by atoms with E-state index >= 15 is 0 Å². The molecule has 0 unspecified atom stereocenters. The molecule has 1 aromatic heterocycles. The Morgan fingerprint density at radius 2 is 2.38 bits per heavy atom. The Balaban J connectivity index is 2.46. The first-order chi connectivity index (χ1) is 6.24. The van der Waals surface area contributed by atoms with Crippen molar-refractivity contribution in [2.24, 2.45) is 5.73 Å². The van der Waals surface area contributed by atoms with Gasteiger partial charge in [0.1, 0.15) is 0 Å². The molecule has 2 rings (SSSR count). The fraction of sp³-hybridized carbons (Fsp3) is 0.455. The van der Waals surface area contributed by atoms with Crippen molar-refractivity contribution in [2.75, 3.05) is 6.54 Å². The van der Waals surface area contributed by atoms with Crippen LogP contribution in [-0.2, 0) is 6.42 Å². The fourth-order valence-corrected chi connectivity index (χ4v) is 3.30. The van der Waals surface area contributed by atoms with Crippen molar-refractivity contribution in [2.45, 2.75) is 25.7 Å². The third-order valence-electron chi connectivity index (χ3n) is 2.88. The van der Waals surface area contributed by atoms with Crippen molar-refractivity contribution in [3.8, 4) is 0 Å². The Morgan fingerprint density at radius 3 is 3.08 bits per heavy atom. The normalized spacial score (nSPS) is 21.7. The highest BCUT2D eigenvalue weighted by molar-refractivity contribution is 7.10. The standard InChI is InChI=1S/C11H15NS/c1-7-3-4-9-8(2)6-13-11(9)10(7)5-12/h6,10H,1,3-5,12H2,2H3/t10-/m0/s1. The molecule has 0 saturated heterocycles. The van der Waals surface area contributed by atoms with Gasteiger partial charge in [-0.1, -0.05) is 12.2 Å². The maximum absolute atomic E-state index is 5.76. The molecule has 1 aliphatic rings. The van der Waals surface area contributed by atoms with Crippen LogP contribution in [0.2, 0.25) is 0 Å². The van der Waals surface area contributed by atoms with Gasteiger partial charge < -0.3 is 5.73 Å². The van der Waals surface area contributed by atoms with Crippen LogP contribution in [0.1, 0.15) is 28.3 Å². The molecular formula is C11H15NS. The van der Waals surface area contributed by atoms with E-state index in [4.69, 9.17) is 5.73 Å². The van der Waals surface area contributed by atoms with Crippen LogP contribution in [0, 0.1) is 6.92 Å². The third kappa shape index (κ3) is 1.34. The zero-order valence-corrected chi connectivity index (χ0v) is 8.79. The third-order valence-corrected chi connectivity index (χ3v) is 4.13. The van der Waals surface area contributed by atoms with E-state index in [9.17, 15) is 0 Å². The topological polar surface area (TPSA) is 26.0 Å². The van der Waals surface area contributed by atoms with Gasteiger partial charge in [0.25, 0.3) is 0 Å². The lowest BCUT2D eigenvalue weighted by atomic mass is 9.84. The molecule has 1 aliphatic carbocycles. The summed E-state index contributed by atoms with van der Waals surface area (Å²) in [5.74, 6) is 0.433. The molecule has 2 heteroatoms. The Labute approximate surface area is 83.3 Å². The molecule has 0 saturated carbocycles. The summed E-state index contributed by atoms with van der Waals surface area (Å²) in [5.41, 5.74) is 10.1. The molecule has 1 heterocycles. The van der Waals surface area contributed by atoms with Crippen molar-refractivity contribution in [1.82, 2.24) is 0 Å². The van der Waals surface area contributed by atoms with E-state index in [1.54, 1.807) is 0 Å². The van der Waals surface area contributed by atoms with E-state index in [2.05, 4.69) is 18.9 Å². The van der Waals surface area contributed by atoms with Gasteiger partial charge in [0, 0.05) is 17.3 Å². The summed E-state index contributed by atoms with van der Waals surface area (Å²) in [7, 11) is 0. The van der Waals surface area contributed by atoms with Crippen molar-refractivity contribution in [3.63, 3.8) is 0 Å². The number of hydrogen-bond donors (Lipinski definition) is 1. The fourth-order valence-electron chi connectivity index (χ4n) is 2.02. The number of rotatable bonds is 1. The smallest absolute Gasteiger partial charge is 0.0265 e. The van der Waals surface area contributed by atoms with Crippen molar-refractivity contribution in [3.05, 3.63) is 33.5 Å².